The minimum absolute atomic E-state index is 0.174. The van der Waals surface area contributed by atoms with Crippen molar-refractivity contribution in [1.29, 1.82) is 0 Å². The summed E-state index contributed by atoms with van der Waals surface area (Å²) >= 11 is 0. The highest BCUT2D eigenvalue weighted by Crippen LogP contribution is 2.21. The number of ketones is 1. The number of para-hydroxylation sites is 2. The van der Waals surface area contributed by atoms with Crippen molar-refractivity contribution in [3.05, 3.63) is 63.3 Å². The molecule has 2 aromatic heterocycles. The van der Waals surface area contributed by atoms with Gasteiger partial charge < -0.3 is 14.5 Å². The van der Waals surface area contributed by atoms with Gasteiger partial charge in [0.25, 0.3) is 5.56 Å². The number of nitrogens with zero attached hydrogens (tertiary/aromatic N) is 2. The number of aromatic amines is 1. The third-order valence-electron chi connectivity index (χ3n) is 4.88. The molecule has 0 aliphatic heterocycles. The fourth-order valence-corrected chi connectivity index (χ4v) is 3.40. The van der Waals surface area contributed by atoms with Crippen LogP contribution in [0.3, 0.4) is 0 Å². The zero-order valence-electron chi connectivity index (χ0n) is 17.7. The molecule has 1 atom stereocenters. The van der Waals surface area contributed by atoms with E-state index < -0.39 is 29.4 Å². The molecule has 1 aromatic carbocycles. The van der Waals surface area contributed by atoms with Gasteiger partial charge in [-0.25, -0.2) is 9.78 Å². The van der Waals surface area contributed by atoms with Gasteiger partial charge in [0.2, 0.25) is 5.78 Å². The van der Waals surface area contributed by atoms with Gasteiger partial charge in [0.15, 0.2) is 6.10 Å². The van der Waals surface area contributed by atoms with Gasteiger partial charge >= 0.3 is 11.9 Å². The van der Waals surface area contributed by atoms with E-state index in [2.05, 4.69) is 9.97 Å². The first kappa shape index (κ1) is 21.9. The lowest BCUT2D eigenvalue weighted by molar-refractivity contribution is -0.147. The smallest absolute Gasteiger partial charge is 0.340 e. The average Bonchev–Trinajstić information content (AvgIpc) is 3.03. The van der Waals surface area contributed by atoms with Gasteiger partial charge in [0.1, 0.15) is 6.54 Å². The lowest BCUT2D eigenvalue weighted by Gasteiger charge is -2.14. The number of benzene rings is 1. The number of esters is 2. The number of Topliss-reactive ketones (excluding diaryl/α,β-unsaturated/α-hetero) is 1. The maximum atomic E-state index is 12.8. The van der Waals surface area contributed by atoms with Crippen LogP contribution in [-0.2, 0) is 20.8 Å². The lowest BCUT2D eigenvalue weighted by Crippen LogP contribution is -2.30. The standard InChI is InChI=1S/C22H23N3O6/c1-5-30-22(29)19-12(2)20(24-13(19)3)21(28)14(4)31-18(27)11-25-16-9-7-6-8-15(16)23-10-17(25)26/h6-10,14,24H,5,11H2,1-4H3/t14-/m0/s1. The predicted octanol–water partition coefficient (Wildman–Crippen LogP) is 2.33. The Morgan fingerprint density at radius 2 is 1.90 bits per heavy atom. The summed E-state index contributed by atoms with van der Waals surface area (Å²) in [4.78, 5) is 56.6. The van der Waals surface area contributed by atoms with Crippen molar-refractivity contribution in [2.24, 2.45) is 0 Å². The molecular weight excluding hydrogens is 402 g/mol. The van der Waals surface area contributed by atoms with E-state index in [1.807, 2.05) is 0 Å². The molecule has 0 fully saturated rings. The molecule has 1 N–H and O–H groups in total. The Hall–Kier alpha value is -3.75. The molecule has 0 unspecified atom stereocenters. The van der Waals surface area contributed by atoms with Crippen LogP contribution in [0.4, 0.5) is 0 Å². The van der Waals surface area contributed by atoms with Crippen molar-refractivity contribution in [2.75, 3.05) is 6.61 Å². The fourth-order valence-electron chi connectivity index (χ4n) is 3.40. The van der Waals surface area contributed by atoms with E-state index in [0.717, 1.165) is 6.20 Å². The van der Waals surface area contributed by atoms with Crippen LogP contribution < -0.4 is 5.56 Å². The molecule has 3 aromatic rings. The van der Waals surface area contributed by atoms with Gasteiger partial charge in [-0.15, -0.1) is 0 Å². The molecule has 0 aliphatic rings. The quantitative estimate of drug-likeness (QED) is 0.456. The lowest BCUT2D eigenvalue weighted by atomic mass is 10.1. The average molecular weight is 425 g/mol. The first-order valence-electron chi connectivity index (χ1n) is 9.79. The fraction of sp³-hybridized carbons (Fsp3) is 0.318. The van der Waals surface area contributed by atoms with Gasteiger partial charge in [-0.1, -0.05) is 12.1 Å². The van der Waals surface area contributed by atoms with E-state index in [4.69, 9.17) is 9.47 Å². The number of hydrogen-bond acceptors (Lipinski definition) is 7. The number of hydrogen-bond donors (Lipinski definition) is 1. The minimum Gasteiger partial charge on any atom is -0.462 e. The first-order chi connectivity index (χ1) is 14.7. The molecule has 0 saturated carbocycles. The van der Waals surface area contributed by atoms with Crippen molar-refractivity contribution in [3.8, 4) is 0 Å². The van der Waals surface area contributed by atoms with Gasteiger partial charge in [0, 0.05) is 5.69 Å². The molecule has 2 heterocycles. The SMILES string of the molecule is CCOC(=O)c1c(C)[nH]c(C(=O)[C@H](C)OC(=O)Cn2c(=O)cnc3ccccc32)c1C. The number of ether oxygens (including phenoxy) is 2. The van der Waals surface area contributed by atoms with E-state index in [1.54, 1.807) is 45.0 Å². The summed E-state index contributed by atoms with van der Waals surface area (Å²) in [5.41, 5.74) is 1.98. The Kier molecular flexibility index (Phi) is 6.33. The number of carbonyl (C=O) groups excluding carboxylic acids is 3. The molecule has 0 spiro atoms. The van der Waals surface area contributed by atoms with Crippen LogP contribution in [0.5, 0.6) is 0 Å². The van der Waals surface area contributed by atoms with Crippen molar-refractivity contribution in [1.82, 2.24) is 14.5 Å². The number of nitrogens with one attached hydrogen (secondary N) is 1. The van der Waals surface area contributed by atoms with Gasteiger partial charge in [-0.2, -0.15) is 0 Å². The van der Waals surface area contributed by atoms with E-state index in [9.17, 15) is 19.2 Å². The largest absolute Gasteiger partial charge is 0.462 e. The van der Waals surface area contributed by atoms with E-state index in [0.29, 0.717) is 27.9 Å². The number of rotatable bonds is 7. The van der Waals surface area contributed by atoms with Crippen LogP contribution in [0.2, 0.25) is 0 Å². The maximum absolute atomic E-state index is 12.8. The number of fused-ring (bicyclic) bond motifs is 1. The van der Waals surface area contributed by atoms with Gasteiger partial charge in [-0.05, 0) is 45.4 Å². The molecule has 0 saturated heterocycles. The summed E-state index contributed by atoms with van der Waals surface area (Å²) in [6.07, 6.45) is 0.00899. The Morgan fingerprint density at radius 3 is 2.61 bits per heavy atom. The van der Waals surface area contributed by atoms with Gasteiger partial charge in [0.05, 0.1) is 35.1 Å². The normalized spacial score (nSPS) is 11.9. The Balaban J connectivity index is 1.78. The first-order valence-corrected chi connectivity index (χ1v) is 9.79. The summed E-state index contributed by atoms with van der Waals surface area (Å²) in [5.74, 6) is -1.76. The number of H-pyrrole nitrogens is 1. The number of aromatic nitrogens is 3. The van der Waals surface area contributed by atoms with Gasteiger partial charge in [-0.3, -0.25) is 19.0 Å². The van der Waals surface area contributed by atoms with E-state index in [-0.39, 0.29) is 18.8 Å². The summed E-state index contributed by atoms with van der Waals surface area (Å²) in [6, 6.07) is 6.90. The molecule has 0 aliphatic carbocycles. The number of carbonyl (C=O) groups is 3. The molecule has 162 valence electrons. The maximum Gasteiger partial charge on any atom is 0.340 e. The van der Waals surface area contributed by atoms with Crippen molar-refractivity contribution >= 4 is 28.8 Å². The molecule has 0 bridgehead atoms. The monoisotopic (exact) mass is 425 g/mol. The summed E-state index contributed by atoms with van der Waals surface area (Å²) in [5, 5.41) is 0. The highest BCUT2D eigenvalue weighted by Gasteiger charge is 2.27. The number of aryl methyl sites for hydroxylation is 1. The molecule has 9 heteroatoms. The van der Waals surface area contributed by atoms with Crippen LogP contribution in [0.1, 0.15) is 46.0 Å². The Morgan fingerprint density at radius 1 is 1.19 bits per heavy atom. The molecule has 9 nitrogen and oxygen atoms in total. The van der Waals surface area contributed by atoms with Crippen LogP contribution in [0.15, 0.2) is 35.3 Å². The van der Waals surface area contributed by atoms with Crippen molar-refractivity contribution < 1.29 is 23.9 Å². The molecule has 31 heavy (non-hydrogen) atoms. The second-order valence-electron chi connectivity index (χ2n) is 7.01. The topological polar surface area (TPSA) is 120 Å². The molecular formula is C22H23N3O6. The third kappa shape index (κ3) is 4.40. The van der Waals surface area contributed by atoms with Crippen LogP contribution in [-0.4, -0.2) is 45.0 Å². The molecule has 0 radical (unpaired) electrons. The second-order valence-corrected chi connectivity index (χ2v) is 7.01. The molecule has 3 rings (SSSR count). The van der Waals surface area contributed by atoms with E-state index in [1.165, 1.54) is 11.5 Å². The zero-order valence-corrected chi connectivity index (χ0v) is 17.7. The third-order valence-corrected chi connectivity index (χ3v) is 4.88. The molecule has 0 amide bonds. The second kappa shape index (κ2) is 8.95. The summed E-state index contributed by atoms with van der Waals surface area (Å²) in [6.45, 7) is 6.26. The summed E-state index contributed by atoms with van der Waals surface area (Å²) in [7, 11) is 0. The van der Waals surface area contributed by atoms with Crippen LogP contribution in [0.25, 0.3) is 11.0 Å². The Bertz CT molecular complexity index is 1220. The van der Waals surface area contributed by atoms with Crippen LogP contribution >= 0.6 is 0 Å². The van der Waals surface area contributed by atoms with E-state index >= 15 is 0 Å². The Labute approximate surface area is 178 Å². The van der Waals surface area contributed by atoms with Crippen LogP contribution in [0, 0.1) is 13.8 Å². The predicted molar refractivity (Wildman–Crippen MR) is 112 cm³/mol. The van der Waals surface area contributed by atoms with Crippen molar-refractivity contribution in [3.63, 3.8) is 0 Å². The highest BCUT2D eigenvalue weighted by molar-refractivity contribution is 6.04. The zero-order chi connectivity index (χ0) is 22.7. The minimum atomic E-state index is -1.12. The summed E-state index contributed by atoms with van der Waals surface area (Å²) < 4.78 is 11.5. The highest BCUT2D eigenvalue weighted by atomic mass is 16.5. The van der Waals surface area contributed by atoms with Crippen molar-refractivity contribution in [2.45, 2.75) is 40.3 Å².